The number of carbonyl (C=O) groups is 1. The lowest BCUT2D eigenvalue weighted by molar-refractivity contribution is -0.136. The summed E-state index contributed by atoms with van der Waals surface area (Å²) in [5.74, 6) is -1.37. The number of pyridine rings is 1. The summed E-state index contributed by atoms with van der Waals surface area (Å²) in [6.07, 6.45) is -0.152. The first-order valence-corrected chi connectivity index (χ1v) is 5.74. The molecule has 0 saturated carbocycles. The Labute approximate surface area is 105 Å². The number of carboxylic acid groups (broad SMARTS) is 1. The Bertz CT molecular complexity index is 613. The molecule has 1 heterocycles. The second kappa shape index (κ2) is 4.41. The molecule has 0 fully saturated rings. The highest BCUT2D eigenvalue weighted by molar-refractivity contribution is 9.10. The summed E-state index contributed by atoms with van der Waals surface area (Å²) in [6.45, 7) is 1.72. The maximum absolute atomic E-state index is 13.8. The molecular formula is C12H9BrFNO2. The van der Waals surface area contributed by atoms with Crippen LogP contribution in [0.1, 0.15) is 11.3 Å². The van der Waals surface area contributed by atoms with Gasteiger partial charge >= 0.3 is 5.97 Å². The molecule has 88 valence electrons. The van der Waals surface area contributed by atoms with Crippen molar-refractivity contribution in [2.24, 2.45) is 0 Å². The van der Waals surface area contributed by atoms with Crippen LogP contribution in [-0.2, 0) is 11.2 Å². The van der Waals surface area contributed by atoms with Gasteiger partial charge < -0.3 is 5.11 Å². The van der Waals surface area contributed by atoms with Gasteiger partial charge in [0.15, 0.2) is 0 Å². The van der Waals surface area contributed by atoms with Crippen molar-refractivity contribution in [2.75, 3.05) is 0 Å². The van der Waals surface area contributed by atoms with Crippen LogP contribution in [0.3, 0.4) is 0 Å². The third-order valence-corrected chi connectivity index (χ3v) is 3.14. The summed E-state index contributed by atoms with van der Waals surface area (Å²) >= 11 is 3.09. The number of aromatic nitrogens is 1. The molecule has 0 aliphatic rings. The summed E-state index contributed by atoms with van der Waals surface area (Å²) < 4.78 is 14.2. The van der Waals surface area contributed by atoms with Crippen LogP contribution in [0.15, 0.2) is 22.7 Å². The third kappa shape index (κ3) is 2.29. The molecule has 0 saturated heterocycles. The highest BCUT2D eigenvalue weighted by Crippen LogP contribution is 2.25. The number of carboxylic acids is 1. The van der Waals surface area contributed by atoms with Gasteiger partial charge in [0, 0.05) is 11.1 Å². The number of aliphatic carboxylic acids is 1. The first-order valence-electron chi connectivity index (χ1n) is 4.95. The van der Waals surface area contributed by atoms with Crippen LogP contribution in [0.25, 0.3) is 10.9 Å². The maximum atomic E-state index is 13.8. The van der Waals surface area contributed by atoms with E-state index in [9.17, 15) is 9.18 Å². The van der Waals surface area contributed by atoms with Gasteiger partial charge in [-0.25, -0.2) is 4.39 Å². The first kappa shape index (κ1) is 12.0. The molecule has 1 aromatic heterocycles. The quantitative estimate of drug-likeness (QED) is 0.927. The second-order valence-corrected chi connectivity index (χ2v) is 4.59. The predicted octanol–water partition coefficient (Wildman–Crippen LogP) is 3.07. The molecule has 0 spiro atoms. The topological polar surface area (TPSA) is 50.2 Å². The van der Waals surface area contributed by atoms with Crippen LogP contribution >= 0.6 is 15.9 Å². The van der Waals surface area contributed by atoms with Crippen LogP contribution in [0.2, 0.25) is 0 Å². The van der Waals surface area contributed by atoms with Crippen molar-refractivity contribution in [3.63, 3.8) is 0 Å². The molecule has 0 amide bonds. The van der Waals surface area contributed by atoms with Crippen LogP contribution in [0.5, 0.6) is 0 Å². The minimum Gasteiger partial charge on any atom is -0.481 e. The van der Waals surface area contributed by atoms with Crippen molar-refractivity contribution in [3.8, 4) is 0 Å². The zero-order chi connectivity index (χ0) is 12.6. The lowest BCUT2D eigenvalue weighted by Crippen LogP contribution is -2.04. The Morgan fingerprint density at radius 1 is 1.53 bits per heavy atom. The first-order chi connectivity index (χ1) is 7.99. The fourth-order valence-electron chi connectivity index (χ4n) is 1.66. The maximum Gasteiger partial charge on any atom is 0.307 e. The van der Waals surface area contributed by atoms with Gasteiger partial charge in [-0.2, -0.15) is 0 Å². The lowest BCUT2D eigenvalue weighted by Gasteiger charge is -2.07. The molecule has 3 nitrogen and oxygen atoms in total. The summed E-state index contributed by atoms with van der Waals surface area (Å²) in [4.78, 5) is 14.9. The molecule has 17 heavy (non-hydrogen) atoms. The Morgan fingerprint density at radius 2 is 2.24 bits per heavy atom. The Kier molecular flexibility index (Phi) is 3.11. The van der Waals surface area contributed by atoms with Gasteiger partial charge in [0.2, 0.25) is 0 Å². The van der Waals surface area contributed by atoms with Gasteiger partial charge in [-0.1, -0.05) is 0 Å². The zero-order valence-electron chi connectivity index (χ0n) is 9.00. The van der Waals surface area contributed by atoms with Crippen LogP contribution in [0.4, 0.5) is 4.39 Å². The van der Waals surface area contributed by atoms with Crippen molar-refractivity contribution in [2.45, 2.75) is 13.3 Å². The van der Waals surface area contributed by atoms with Crippen molar-refractivity contribution in [3.05, 3.63) is 39.7 Å². The monoisotopic (exact) mass is 297 g/mol. The highest BCUT2D eigenvalue weighted by Gasteiger charge is 2.11. The Hall–Kier alpha value is -1.49. The third-order valence-electron chi connectivity index (χ3n) is 2.52. The highest BCUT2D eigenvalue weighted by atomic mass is 79.9. The number of aryl methyl sites for hydroxylation is 1. The van der Waals surface area contributed by atoms with E-state index in [0.29, 0.717) is 26.6 Å². The largest absolute Gasteiger partial charge is 0.481 e. The normalized spacial score (nSPS) is 10.8. The summed E-state index contributed by atoms with van der Waals surface area (Å²) in [7, 11) is 0. The van der Waals surface area contributed by atoms with E-state index < -0.39 is 11.8 Å². The van der Waals surface area contributed by atoms with E-state index in [4.69, 9.17) is 5.11 Å². The van der Waals surface area contributed by atoms with Gasteiger partial charge in [0.05, 0.1) is 16.4 Å². The minimum atomic E-state index is -0.954. The van der Waals surface area contributed by atoms with E-state index in [2.05, 4.69) is 20.9 Å². The fraction of sp³-hybridized carbons (Fsp3) is 0.167. The Morgan fingerprint density at radius 3 is 2.88 bits per heavy atom. The van der Waals surface area contributed by atoms with Gasteiger partial charge in [0.25, 0.3) is 0 Å². The number of nitrogens with zero attached hydrogens (tertiary/aromatic N) is 1. The zero-order valence-corrected chi connectivity index (χ0v) is 10.6. The van der Waals surface area contributed by atoms with E-state index in [-0.39, 0.29) is 6.42 Å². The van der Waals surface area contributed by atoms with E-state index in [1.165, 1.54) is 0 Å². The van der Waals surface area contributed by atoms with Crippen molar-refractivity contribution < 1.29 is 14.3 Å². The van der Waals surface area contributed by atoms with E-state index >= 15 is 0 Å². The van der Waals surface area contributed by atoms with E-state index in [1.54, 1.807) is 25.1 Å². The second-order valence-electron chi connectivity index (χ2n) is 3.73. The number of benzene rings is 1. The molecule has 1 N–H and O–H groups in total. The van der Waals surface area contributed by atoms with Crippen molar-refractivity contribution in [1.29, 1.82) is 0 Å². The number of rotatable bonds is 2. The van der Waals surface area contributed by atoms with Gasteiger partial charge in [-0.15, -0.1) is 0 Å². The SMILES string of the molecule is Cc1nc2ccc(Br)c(F)c2cc1CC(=O)O. The number of hydrogen-bond acceptors (Lipinski definition) is 2. The predicted molar refractivity (Wildman–Crippen MR) is 65.5 cm³/mol. The van der Waals surface area contributed by atoms with Crippen LogP contribution in [0, 0.1) is 12.7 Å². The number of fused-ring (bicyclic) bond motifs is 1. The summed E-state index contributed by atoms with van der Waals surface area (Å²) in [6, 6.07) is 4.83. The minimum absolute atomic E-state index is 0.152. The van der Waals surface area contributed by atoms with Crippen molar-refractivity contribution >= 4 is 32.8 Å². The van der Waals surface area contributed by atoms with Crippen molar-refractivity contribution in [1.82, 2.24) is 4.98 Å². The molecule has 0 aliphatic carbocycles. The lowest BCUT2D eigenvalue weighted by atomic mass is 10.1. The molecule has 0 atom stereocenters. The summed E-state index contributed by atoms with van der Waals surface area (Å²) in [5, 5.41) is 9.09. The molecule has 0 bridgehead atoms. The average molecular weight is 298 g/mol. The fourth-order valence-corrected chi connectivity index (χ4v) is 2.01. The molecule has 0 aliphatic heterocycles. The molecule has 0 unspecified atom stereocenters. The molecule has 2 aromatic rings. The van der Waals surface area contributed by atoms with Gasteiger partial charge in [-0.3, -0.25) is 9.78 Å². The molecule has 5 heteroatoms. The summed E-state index contributed by atoms with van der Waals surface area (Å²) in [5.41, 5.74) is 1.67. The molecular weight excluding hydrogens is 289 g/mol. The van der Waals surface area contributed by atoms with Gasteiger partial charge in [-0.05, 0) is 46.6 Å². The smallest absolute Gasteiger partial charge is 0.307 e. The van der Waals surface area contributed by atoms with E-state index in [0.717, 1.165) is 0 Å². The van der Waals surface area contributed by atoms with Crippen LogP contribution < -0.4 is 0 Å². The standard InChI is InChI=1S/C12H9BrFNO2/c1-6-7(5-11(16)17)4-8-10(15-6)3-2-9(13)12(8)14/h2-4H,5H2,1H3,(H,16,17). The molecule has 0 radical (unpaired) electrons. The average Bonchev–Trinajstić information content (AvgIpc) is 2.25. The Balaban J connectivity index is 2.68. The van der Waals surface area contributed by atoms with Crippen LogP contribution in [-0.4, -0.2) is 16.1 Å². The van der Waals surface area contributed by atoms with Gasteiger partial charge in [0.1, 0.15) is 5.82 Å². The molecule has 1 aromatic carbocycles. The van der Waals surface area contributed by atoms with E-state index in [1.807, 2.05) is 0 Å². The number of hydrogen-bond donors (Lipinski definition) is 1. The number of halogens is 2. The molecule has 2 rings (SSSR count).